The molecule has 0 spiro atoms. The fourth-order valence-corrected chi connectivity index (χ4v) is 4.15. The minimum atomic E-state index is 0.180. The zero-order valence-electron chi connectivity index (χ0n) is 12.8. The molecular formula is C18H21NOS. The molecule has 1 aliphatic rings. The highest BCUT2D eigenvalue weighted by Gasteiger charge is 2.31. The van der Waals surface area contributed by atoms with Crippen LogP contribution in [-0.4, -0.2) is 17.4 Å². The molecular weight excluding hydrogens is 278 g/mol. The molecule has 1 aromatic carbocycles. The van der Waals surface area contributed by atoms with Crippen LogP contribution >= 0.6 is 11.3 Å². The molecule has 0 radical (unpaired) electrons. The molecule has 1 aliphatic heterocycles. The first-order valence-corrected chi connectivity index (χ1v) is 8.45. The second-order valence-corrected chi connectivity index (χ2v) is 6.72. The summed E-state index contributed by atoms with van der Waals surface area (Å²) >= 11 is 1.82. The topological polar surface area (TPSA) is 20.3 Å². The van der Waals surface area contributed by atoms with E-state index in [1.165, 1.54) is 16.0 Å². The maximum absolute atomic E-state index is 13.0. The van der Waals surface area contributed by atoms with Crippen molar-refractivity contribution in [3.63, 3.8) is 0 Å². The van der Waals surface area contributed by atoms with Gasteiger partial charge in [0.1, 0.15) is 0 Å². The van der Waals surface area contributed by atoms with Gasteiger partial charge in [-0.25, -0.2) is 0 Å². The Kier molecular flexibility index (Phi) is 3.85. The Morgan fingerprint density at radius 2 is 2.14 bits per heavy atom. The van der Waals surface area contributed by atoms with Gasteiger partial charge in [0.25, 0.3) is 5.91 Å². The Morgan fingerprint density at radius 3 is 2.90 bits per heavy atom. The van der Waals surface area contributed by atoms with Crippen LogP contribution in [0.1, 0.15) is 51.3 Å². The SMILES string of the molecule is CCC1c2ccsc2CCN1C(=O)c1cccc(C)c1C. The highest BCUT2D eigenvalue weighted by Crippen LogP contribution is 2.36. The maximum atomic E-state index is 13.0. The van der Waals surface area contributed by atoms with Gasteiger partial charge < -0.3 is 4.90 Å². The molecule has 3 rings (SSSR count). The van der Waals surface area contributed by atoms with Crippen molar-refractivity contribution < 1.29 is 4.79 Å². The number of aryl methyl sites for hydroxylation is 1. The van der Waals surface area contributed by atoms with E-state index in [0.717, 1.165) is 30.5 Å². The number of thiophene rings is 1. The summed E-state index contributed by atoms with van der Waals surface area (Å²) in [5.41, 5.74) is 4.50. The Labute approximate surface area is 130 Å². The molecule has 0 saturated heterocycles. The molecule has 0 fully saturated rings. The number of hydrogen-bond acceptors (Lipinski definition) is 2. The zero-order valence-corrected chi connectivity index (χ0v) is 13.7. The van der Waals surface area contributed by atoms with Crippen LogP contribution < -0.4 is 0 Å². The number of fused-ring (bicyclic) bond motifs is 1. The van der Waals surface area contributed by atoms with Crippen LogP contribution in [0.3, 0.4) is 0 Å². The summed E-state index contributed by atoms with van der Waals surface area (Å²) in [6.45, 7) is 7.11. The highest BCUT2D eigenvalue weighted by molar-refractivity contribution is 7.10. The summed E-state index contributed by atoms with van der Waals surface area (Å²) < 4.78 is 0. The third-order valence-corrected chi connectivity index (χ3v) is 5.57. The van der Waals surface area contributed by atoms with E-state index in [-0.39, 0.29) is 11.9 Å². The average molecular weight is 299 g/mol. The minimum absolute atomic E-state index is 0.180. The average Bonchev–Trinajstić information content (AvgIpc) is 2.96. The number of rotatable bonds is 2. The molecule has 2 heterocycles. The predicted octanol–water partition coefficient (Wildman–Crippen LogP) is 4.51. The van der Waals surface area contributed by atoms with Crippen LogP contribution in [0, 0.1) is 13.8 Å². The third kappa shape index (κ3) is 2.40. The van der Waals surface area contributed by atoms with Gasteiger partial charge in [-0.3, -0.25) is 4.79 Å². The first-order chi connectivity index (χ1) is 10.1. The molecule has 110 valence electrons. The fraction of sp³-hybridized carbons (Fsp3) is 0.389. The molecule has 0 aliphatic carbocycles. The Morgan fingerprint density at radius 1 is 1.33 bits per heavy atom. The summed E-state index contributed by atoms with van der Waals surface area (Å²) in [6.07, 6.45) is 1.96. The highest BCUT2D eigenvalue weighted by atomic mass is 32.1. The monoisotopic (exact) mass is 299 g/mol. The summed E-state index contributed by atoms with van der Waals surface area (Å²) in [7, 11) is 0. The number of carbonyl (C=O) groups excluding carboxylic acids is 1. The van der Waals surface area contributed by atoms with Crippen molar-refractivity contribution in [2.75, 3.05) is 6.54 Å². The lowest BCUT2D eigenvalue weighted by molar-refractivity contribution is 0.0656. The second kappa shape index (κ2) is 5.64. The maximum Gasteiger partial charge on any atom is 0.254 e. The van der Waals surface area contributed by atoms with Crippen molar-refractivity contribution in [1.29, 1.82) is 0 Å². The van der Waals surface area contributed by atoms with Gasteiger partial charge in [0, 0.05) is 17.0 Å². The van der Waals surface area contributed by atoms with Crippen LogP contribution in [0.15, 0.2) is 29.6 Å². The van der Waals surface area contributed by atoms with E-state index in [0.29, 0.717) is 0 Å². The lowest BCUT2D eigenvalue weighted by Gasteiger charge is -2.36. The van der Waals surface area contributed by atoms with E-state index in [1.807, 2.05) is 30.4 Å². The van der Waals surface area contributed by atoms with Crippen molar-refractivity contribution in [2.45, 2.75) is 39.7 Å². The van der Waals surface area contributed by atoms with Gasteiger partial charge >= 0.3 is 0 Å². The van der Waals surface area contributed by atoms with Gasteiger partial charge in [-0.1, -0.05) is 19.1 Å². The largest absolute Gasteiger partial charge is 0.331 e. The van der Waals surface area contributed by atoms with Crippen molar-refractivity contribution >= 4 is 17.2 Å². The Bertz CT molecular complexity index is 674. The summed E-state index contributed by atoms with van der Waals surface area (Å²) in [4.78, 5) is 16.5. The van der Waals surface area contributed by atoms with Crippen LogP contribution in [0.4, 0.5) is 0 Å². The van der Waals surface area contributed by atoms with E-state index in [4.69, 9.17) is 0 Å². The summed E-state index contributed by atoms with van der Waals surface area (Å²) in [5, 5.41) is 2.15. The lowest BCUT2D eigenvalue weighted by Crippen LogP contribution is -2.39. The van der Waals surface area contributed by atoms with Crippen molar-refractivity contribution in [3.8, 4) is 0 Å². The van der Waals surface area contributed by atoms with Gasteiger partial charge in [-0.05, 0) is 60.9 Å². The molecule has 1 unspecified atom stereocenters. The van der Waals surface area contributed by atoms with Gasteiger partial charge in [-0.15, -0.1) is 11.3 Å². The molecule has 21 heavy (non-hydrogen) atoms. The van der Waals surface area contributed by atoms with E-state index < -0.39 is 0 Å². The van der Waals surface area contributed by atoms with Gasteiger partial charge in [0.05, 0.1) is 6.04 Å². The number of amides is 1. The van der Waals surface area contributed by atoms with E-state index >= 15 is 0 Å². The fourth-order valence-electron chi connectivity index (χ4n) is 3.22. The van der Waals surface area contributed by atoms with Crippen LogP contribution in [0.25, 0.3) is 0 Å². The third-order valence-electron chi connectivity index (χ3n) is 4.58. The second-order valence-electron chi connectivity index (χ2n) is 5.72. The van der Waals surface area contributed by atoms with E-state index in [1.54, 1.807) is 0 Å². The predicted molar refractivity (Wildman–Crippen MR) is 88.0 cm³/mol. The van der Waals surface area contributed by atoms with Crippen LogP contribution in [0.5, 0.6) is 0 Å². The minimum Gasteiger partial charge on any atom is -0.331 e. The molecule has 2 nitrogen and oxygen atoms in total. The molecule has 1 amide bonds. The number of hydrogen-bond donors (Lipinski definition) is 0. The molecule has 0 N–H and O–H groups in total. The van der Waals surface area contributed by atoms with Gasteiger partial charge in [-0.2, -0.15) is 0 Å². The zero-order chi connectivity index (χ0) is 15.0. The first kappa shape index (κ1) is 14.3. The number of nitrogens with zero attached hydrogens (tertiary/aromatic N) is 1. The van der Waals surface area contributed by atoms with Gasteiger partial charge in [0.15, 0.2) is 0 Å². The number of benzene rings is 1. The van der Waals surface area contributed by atoms with Crippen molar-refractivity contribution in [3.05, 3.63) is 56.8 Å². The van der Waals surface area contributed by atoms with E-state index in [2.05, 4.69) is 36.3 Å². The van der Waals surface area contributed by atoms with Crippen molar-refractivity contribution in [2.24, 2.45) is 0 Å². The van der Waals surface area contributed by atoms with Gasteiger partial charge in [0.2, 0.25) is 0 Å². The van der Waals surface area contributed by atoms with Crippen LogP contribution in [-0.2, 0) is 6.42 Å². The molecule has 1 atom stereocenters. The Balaban J connectivity index is 1.97. The molecule has 0 saturated carbocycles. The standard InChI is InChI=1S/C18H21NOS/c1-4-16-15-9-11-21-17(15)8-10-19(16)18(20)14-7-5-6-12(2)13(14)3/h5-7,9,11,16H,4,8,10H2,1-3H3. The molecule has 1 aromatic heterocycles. The normalized spacial score (nSPS) is 17.7. The molecule has 2 aromatic rings. The summed E-state index contributed by atoms with van der Waals surface area (Å²) in [6, 6.07) is 8.43. The molecule has 3 heteroatoms. The van der Waals surface area contributed by atoms with E-state index in [9.17, 15) is 4.79 Å². The summed E-state index contributed by atoms with van der Waals surface area (Å²) in [5.74, 6) is 0.180. The lowest BCUT2D eigenvalue weighted by atomic mass is 9.95. The number of carbonyl (C=O) groups is 1. The van der Waals surface area contributed by atoms with Crippen LogP contribution in [0.2, 0.25) is 0 Å². The smallest absolute Gasteiger partial charge is 0.254 e. The Hall–Kier alpha value is -1.61. The quantitative estimate of drug-likeness (QED) is 0.798. The first-order valence-electron chi connectivity index (χ1n) is 7.57. The van der Waals surface area contributed by atoms with Crippen molar-refractivity contribution in [1.82, 2.24) is 4.90 Å². The molecule has 0 bridgehead atoms.